The molecule has 0 radical (unpaired) electrons. The van der Waals surface area contributed by atoms with Crippen LogP contribution < -0.4 is 0 Å². The van der Waals surface area contributed by atoms with Crippen LogP contribution in [0, 0.1) is 0 Å². The Hall–Kier alpha value is -1.17. The highest BCUT2D eigenvalue weighted by atomic mass is 32.2. The van der Waals surface area contributed by atoms with Gasteiger partial charge in [0.05, 0.1) is 5.25 Å². The molecule has 26 heavy (non-hydrogen) atoms. The number of hydrogen-bond acceptors (Lipinski definition) is 9. The molecule has 0 saturated carbocycles. The average Bonchev–Trinajstić information content (AvgIpc) is 2.97. The summed E-state index contributed by atoms with van der Waals surface area (Å²) < 4.78 is 20.6. The zero-order valence-corrected chi connectivity index (χ0v) is 17.1. The zero-order valence-electron chi connectivity index (χ0n) is 14.6. The molecule has 0 aromatic rings. The molecule has 144 valence electrons. The molecule has 2 amide bonds. The Morgan fingerprint density at radius 3 is 2.50 bits per heavy atom. The topological polar surface area (TPSA) is 121 Å². The van der Waals surface area contributed by atoms with Gasteiger partial charge in [-0.1, -0.05) is 23.9 Å². The van der Waals surface area contributed by atoms with Gasteiger partial charge in [0.2, 0.25) is 11.3 Å². The predicted molar refractivity (Wildman–Crippen MR) is 101 cm³/mol. The SMILES string of the molecule is C=C(C)CN1C(=O)[C@@H](C)S/C1=N\N=C1\S[C@H](OP(=O)(O)OC)C(=O)N1C. The Labute approximate surface area is 159 Å². The smallest absolute Gasteiger partial charge is 0.302 e. The van der Waals surface area contributed by atoms with Gasteiger partial charge in [0.1, 0.15) is 0 Å². The van der Waals surface area contributed by atoms with Crippen molar-refractivity contribution in [1.82, 2.24) is 9.80 Å². The Morgan fingerprint density at radius 2 is 1.92 bits per heavy atom. The summed E-state index contributed by atoms with van der Waals surface area (Å²) in [7, 11) is -1.88. The predicted octanol–water partition coefficient (Wildman–Crippen LogP) is 1.45. The highest BCUT2D eigenvalue weighted by Crippen LogP contribution is 2.47. The van der Waals surface area contributed by atoms with E-state index in [0.717, 1.165) is 29.3 Å². The second kappa shape index (κ2) is 8.24. The minimum atomic E-state index is -4.32. The number of hydrogen-bond donors (Lipinski definition) is 1. The van der Waals surface area contributed by atoms with Gasteiger partial charge in [-0.25, -0.2) is 4.57 Å². The minimum Gasteiger partial charge on any atom is -0.302 e. The first-order chi connectivity index (χ1) is 12.1. The Bertz CT molecular complexity index is 742. The number of amidine groups is 2. The van der Waals surface area contributed by atoms with Gasteiger partial charge in [-0.3, -0.25) is 28.4 Å². The largest absolute Gasteiger partial charge is 0.473 e. The standard InChI is InChI=1S/C13H19N4O6PS2/c1-7(2)6-17-9(18)8(3)25-13(17)15-14-12-16(4)10(19)11(26-12)23-24(20,21)22-5/h8,11H,1,6H2,2-5H3,(H,20,21)/b14-12+,15-13-/t8-,11+/m1/s1. The van der Waals surface area contributed by atoms with Crippen LogP contribution in [0.1, 0.15) is 13.8 Å². The van der Waals surface area contributed by atoms with Gasteiger partial charge in [0.15, 0.2) is 10.3 Å². The van der Waals surface area contributed by atoms with E-state index in [1.807, 2.05) is 0 Å². The highest BCUT2D eigenvalue weighted by molar-refractivity contribution is 8.16. The second-order valence-electron chi connectivity index (χ2n) is 5.51. The van der Waals surface area contributed by atoms with Gasteiger partial charge in [-0.05, 0) is 25.6 Å². The van der Waals surface area contributed by atoms with Crippen LogP contribution in [-0.2, 0) is 23.2 Å². The van der Waals surface area contributed by atoms with Crippen molar-refractivity contribution in [1.29, 1.82) is 0 Å². The van der Waals surface area contributed by atoms with E-state index in [4.69, 9.17) is 4.52 Å². The van der Waals surface area contributed by atoms with E-state index in [9.17, 15) is 19.0 Å². The normalized spacial score (nSPS) is 29.1. The molecule has 0 aromatic carbocycles. The maximum Gasteiger partial charge on any atom is 0.473 e. The lowest BCUT2D eigenvalue weighted by Crippen LogP contribution is -2.32. The molecular formula is C13H19N4O6PS2. The number of phosphoric acid groups is 1. The van der Waals surface area contributed by atoms with Crippen molar-refractivity contribution < 1.29 is 28.1 Å². The molecule has 0 aliphatic carbocycles. The van der Waals surface area contributed by atoms with Crippen molar-refractivity contribution in [3.63, 3.8) is 0 Å². The molecule has 13 heteroatoms. The van der Waals surface area contributed by atoms with Gasteiger partial charge in [-0.15, -0.1) is 10.2 Å². The van der Waals surface area contributed by atoms with Gasteiger partial charge in [-0.2, -0.15) is 0 Å². The summed E-state index contributed by atoms with van der Waals surface area (Å²) in [4.78, 5) is 36.3. The van der Waals surface area contributed by atoms with E-state index in [0.29, 0.717) is 11.7 Å². The monoisotopic (exact) mass is 422 g/mol. The number of carbonyl (C=O) groups excluding carboxylic acids is 2. The molecule has 0 aromatic heterocycles. The number of phosphoric ester groups is 1. The van der Waals surface area contributed by atoms with E-state index in [1.165, 1.54) is 23.7 Å². The molecule has 2 saturated heterocycles. The summed E-state index contributed by atoms with van der Waals surface area (Å²) in [6.45, 7) is 7.69. The molecule has 1 unspecified atom stereocenters. The lowest BCUT2D eigenvalue weighted by molar-refractivity contribution is -0.129. The van der Waals surface area contributed by atoms with E-state index in [2.05, 4.69) is 21.3 Å². The quantitative estimate of drug-likeness (QED) is 0.388. The van der Waals surface area contributed by atoms with Crippen molar-refractivity contribution >= 4 is 53.5 Å². The summed E-state index contributed by atoms with van der Waals surface area (Å²) in [5.41, 5.74) is -0.472. The first-order valence-corrected chi connectivity index (χ1v) is 10.6. The van der Waals surface area contributed by atoms with Crippen molar-refractivity contribution in [2.75, 3.05) is 20.7 Å². The maximum atomic E-state index is 12.2. The molecule has 2 aliphatic heterocycles. The molecule has 1 N–H and O–H groups in total. The van der Waals surface area contributed by atoms with Gasteiger partial charge in [0.25, 0.3) is 5.91 Å². The summed E-state index contributed by atoms with van der Waals surface area (Å²) >= 11 is 2.08. The van der Waals surface area contributed by atoms with Crippen LogP contribution in [0.4, 0.5) is 0 Å². The fraction of sp³-hybridized carbons (Fsp3) is 0.538. The first-order valence-electron chi connectivity index (χ1n) is 7.35. The van der Waals surface area contributed by atoms with Crippen molar-refractivity contribution in [3.8, 4) is 0 Å². The van der Waals surface area contributed by atoms with Gasteiger partial charge in [0, 0.05) is 20.7 Å². The Kier molecular flexibility index (Phi) is 6.70. The van der Waals surface area contributed by atoms with Crippen LogP contribution in [0.5, 0.6) is 0 Å². The van der Waals surface area contributed by atoms with E-state index in [-0.39, 0.29) is 16.3 Å². The van der Waals surface area contributed by atoms with E-state index < -0.39 is 19.2 Å². The van der Waals surface area contributed by atoms with Crippen LogP contribution in [-0.4, -0.2) is 68.2 Å². The van der Waals surface area contributed by atoms with Crippen LogP contribution in [0.2, 0.25) is 0 Å². The second-order valence-corrected chi connectivity index (χ2v) is 9.36. The summed E-state index contributed by atoms with van der Waals surface area (Å²) in [6, 6.07) is 0. The minimum absolute atomic E-state index is 0.0945. The van der Waals surface area contributed by atoms with Gasteiger partial charge < -0.3 is 4.89 Å². The lowest BCUT2D eigenvalue weighted by atomic mass is 10.3. The van der Waals surface area contributed by atoms with Crippen LogP contribution in [0.3, 0.4) is 0 Å². The molecule has 2 fully saturated rings. The maximum absolute atomic E-state index is 12.2. The molecular weight excluding hydrogens is 403 g/mol. The fourth-order valence-corrected chi connectivity index (χ4v) is 4.58. The highest BCUT2D eigenvalue weighted by Gasteiger charge is 2.42. The zero-order chi connectivity index (χ0) is 19.6. The molecule has 0 spiro atoms. The number of likely N-dealkylation sites (N-methyl/N-ethyl adjacent to an activating group) is 1. The van der Waals surface area contributed by atoms with E-state index in [1.54, 1.807) is 13.8 Å². The Morgan fingerprint density at radius 1 is 1.31 bits per heavy atom. The fourth-order valence-electron chi connectivity index (χ4n) is 1.96. The molecule has 3 atom stereocenters. The third kappa shape index (κ3) is 4.76. The molecule has 2 aliphatic rings. The summed E-state index contributed by atoms with van der Waals surface area (Å²) in [5, 5.41) is 8.36. The molecule has 2 heterocycles. The number of thioether (sulfide) groups is 2. The first kappa shape index (κ1) is 21.1. The van der Waals surface area contributed by atoms with Gasteiger partial charge >= 0.3 is 7.82 Å². The third-order valence-electron chi connectivity index (χ3n) is 3.27. The van der Waals surface area contributed by atoms with E-state index >= 15 is 0 Å². The molecule has 2 rings (SSSR count). The van der Waals surface area contributed by atoms with Crippen molar-refractivity contribution in [2.45, 2.75) is 24.5 Å². The number of amides is 2. The average molecular weight is 422 g/mol. The van der Waals surface area contributed by atoms with Crippen LogP contribution in [0.25, 0.3) is 0 Å². The van der Waals surface area contributed by atoms with Crippen LogP contribution >= 0.6 is 31.3 Å². The molecule has 10 nitrogen and oxygen atoms in total. The molecule has 0 bridgehead atoms. The Balaban J connectivity index is 2.19. The van der Waals surface area contributed by atoms with Crippen molar-refractivity contribution in [3.05, 3.63) is 12.2 Å². The third-order valence-corrected chi connectivity index (χ3v) is 6.49. The lowest BCUT2D eigenvalue weighted by Gasteiger charge is -2.15. The summed E-state index contributed by atoms with van der Waals surface area (Å²) in [6.07, 6.45) is 0. The summed E-state index contributed by atoms with van der Waals surface area (Å²) in [5.74, 6) is -0.662. The number of nitrogens with zero attached hydrogens (tertiary/aromatic N) is 4. The van der Waals surface area contributed by atoms with Crippen LogP contribution in [0.15, 0.2) is 22.4 Å². The number of rotatable bonds is 6. The van der Waals surface area contributed by atoms with Crippen molar-refractivity contribution in [2.24, 2.45) is 10.2 Å². The number of carbonyl (C=O) groups is 2.